The minimum Gasteiger partial charge on any atom is -0.495 e. The summed E-state index contributed by atoms with van der Waals surface area (Å²) in [5.41, 5.74) is 1.32. The van der Waals surface area contributed by atoms with Gasteiger partial charge in [0.15, 0.2) is 0 Å². The van der Waals surface area contributed by atoms with Gasteiger partial charge in [-0.25, -0.2) is 8.42 Å². The van der Waals surface area contributed by atoms with Crippen LogP contribution < -0.4 is 15.0 Å². The van der Waals surface area contributed by atoms with E-state index in [2.05, 4.69) is 5.32 Å². The first-order chi connectivity index (χ1) is 15.8. The van der Waals surface area contributed by atoms with Crippen molar-refractivity contribution in [2.45, 2.75) is 30.7 Å². The highest BCUT2D eigenvalue weighted by Crippen LogP contribution is 2.35. The molecule has 2 aromatic carbocycles. The van der Waals surface area contributed by atoms with Crippen molar-refractivity contribution in [1.29, 1.82) is 0 Å². The molecule has 0 saturated carbocycles. The number of benzene rings is 2. The minimum absolute atomic E-state index is 0.0918. The van der Waals surface area contributed by atoms with Crippen LogP contribution in [0.2, 0.25) is 5.02 Å². The average Bonchev–Trinajstić information content (AvgIpc) is 3.48. The van der Waals surface area contributed by atoms with Crippen molar-refractivity contribution in [1.82, 2.24) is 9.62 Å². The summed E-state index contributed by atoms with van der Waals surface area (Å²) in [6.45, 7) is 1.58. The standard InChI is InChI=1S/C23H26ClN3O5S/c1-32-21-9-6-18(24)13-20(21)27-15-17(12-22(27)28)23(29)25-14-16-4-7-19(8-5-16)33(30,31)26-10-2-3-11-26/h4-9,13,17H,2-3,10-12,14-15H2,1H3,(H,25,29). The van der Waals surface area contributed by atoms with Crippen LogP contribution in [0.4, 0.5) is 5.69 Å². The second kappa shape index (κ2) is 9.70. The predicted molar refractivity (Wildman–Crippen MR) is 125 cm³/mol. The van der Waals surface area contributed by atoms with E-state index in [4.69, 9.17) is 16.3 Å². The van der Waals surface area contributed by atoms with E-state index < -0.39 is 15.9 Å². The Kier molecular flexibility index (Phi) is 6.92. The first kappa shape index (κ1) is 23.5. The lowest BCUT2D eigenvalue weighted by Gasteiger charge is -2.20. The molecule has 1 N–H and O–H groups in total. The van der Waals surface area contributed by atoms with E-state index in [1.54, 1.807) is 42.5 Å². The summed E-state index contributed by atoms with van der Waals surface area (Å²) >= 11 is 6.08. The Hall–Kier alpha value is -2.62. The average molecular weight is 492 g/mol. The molecule has 2 fully saturated rings. The van der Waals surface area contributed by atoms with Crippen LogP contribution in [0.15, 0.2) is 47.4 Å². The molecule has 10 heteroatoms. The number of halogens is 1. The second-order valence-electron chi connectivity index (χ2n) is 8.19. The van der Waals surface area contributed by atoms with Crippen LogP contribution in [0.3, 0.4) is 0 Å². The van der Waals surface area contributed by atoms with E-state index in [-0.39, 0.29) is 36.2 Å². The predicted octanol–water partition coefficient (Wildman–Crippen LogP) is 2.80. The molecule has 176 valence electrons. The smallest absolute Gasteiger partial charge is 0.243 e. The third-order valence-corrected chi connectivity index (χ3v) is 8.17. The molecule has 0 spiro atoms. The van der Waals surface area contributed by atoms with Crippen molar-refractivity contribution < 1.29 is 22.7 Å². The summed E-state index contributed by atoms with van der Waals surface area (Å²) in [7, 11) is -1.95. The largest absolute Gasteiger partial charge is 0.495 e. The van der Waals surface area contributed by atoms with Gasteiger partial charge in [-0.15, -0.1) is 0 Å². The fraction of sp³-hybridized carbons (Fsp3) is 0.391. The van der Waals surface area contributed by atoms with Crippen LogP contribution in [0, 0.1) is 5.92 Å². The van der Waals surface area contributed by atoms with E-state index >= 15 is 0 Å². The Morgan fingerprint density at radius 1 is 1.15 bits per heavy atom. The molecule has 2 aliphatic rings. The number of amides is 2. The molecule has 0 aromatic heterocycles. The van der Waals surface area contributed by atoms with E-state index in [1.165, 1.54) is 16.3 Å². The molecule has 4 rings (SSSR count). The summed E-state index contributed by atoms with van der Waals surface area (Å²) in [5, 5.41) is 3.33. The normalized spacial score (nSPS) is 19.2. The van der Waals surface area contributed by atoms with Crippen LogP contribution >= 0.6 is 11.6 Å². The van der Waals surface area contributed by atoms with Gasteiger partial charge in [0.25, 0.3) is 0 Å². The molecule has 2 aliphatic heterocycles. The van der Waals surface area contributed by atoms with E-state index in [0.29, 0.717) is 29.5 Å². The number of hydrogen-bond acceptors (Lipinski definition) is 5. The van der Waals surface area contributed by atoms with Gasteiger partial charge < -0.3 is 15.0 Å². The number of anilines is 1. The number of nitrogens with zero attached hydrogens (tertiary/aromatic N) is 2. The topological polar surface area (TPSA) is 96.0 Å². The Balaban J connectivity index is 1.37. The number of ether oxygens (including phenoxy) is 1. The molecular formula is C23H26ClN3O5S. The molecule has 1 unspecified atom stereocenters. The van der Waals surface area contributed by atoms with Gasteiger partial charge in [0, 0.05) is 37.6 Å². The number of sulfonamides is 1. The van der Waals surface area contributed by atoms with Gasteiger partial charge in [0.1, 0.15) is 5.75 Å². The number of carbonyl (C=O) groups is 2. The van der Waals surface area contributed by atoms with Crippen molar-refractivity contribution >= 4 is 39.1 Å². The molecule has 0 radical (unpaired) electrons. The first-order valence-corrected chi connectivity index (χ1v) is 12.6. The van der Waals surface area contributed by atoms with Crippen molar-refractivity contribution in [2.75, 3.05) is 31.6 Å². The molecule has 0 bridgehead atoms. The van der Waals surface area contributed by atoms with E-state index in [0.717, 1.165) is 18.4 Å². The summed E-state index contributed by atoms with van der Waals surface area (Å²) in [4.78, 5) is 27.1. The van der Waals surface area contributed by atoms with Gasteiger partial charge in [-0.3, -0.25) is 9.59 Å². The summed E-state index contributed by atoms with van der Waals surface area (Å²) in [6, 6.07) is 11.6. The zero-order chi connectivity index (χ0) is 23.6. The monoisotopic (exact) mass is 491 g/mol. The number of rotatable bonds is 7. The molecular weight excluding hydrogens is 466 g/mol. The van der Waals surface area contributed by atoms with E-state index in [9.17, 15) is 18.0 Å². The molecule has 1 atom stereocenters. The maximum Gasteiger partial charge on any atom is 0.243 e. The number of methoxy groups -OCH3 is 1. The zero-order valence-electron chi connectivity index (χ0n) is 18.3. The molecule has 0 aliphatic carbocycles. The van der Waals surface area contributed by atoms with Crippen molar-refractivity contribution in [2.24, 2.45) is 5.92 Å². The Morgan fingerprint density at radius 3 is 2.52 bits per heavy atom. The molecule has 2 heterocycles. The third-order valence-electron chi connectivity index (χ3n) is 6.02. The summed E-state index contributed by atoms with van der Waals surface area (Å²) in [6.07, 6.45) is 1.86. The lowest BCUT2D eigenvalue weighted by molar-refractivity contribution is -0.126. The zero-order valence-corrected chi connectivity index (χ0v) is 19.9. The summed E-state index contributed by atoms with van der Waals surface area (Å²) < 4.78 is 32.1. The number of hydrogen-bond donors (Lipinski definition) is 1. The van der Waals surface area contributed by atoms with Gasteiger partial charge >= 0.3 is 0 Å². The Labute approximate surface area is 198 Å². The Morgan fingerprint density at radius 2 is 1.85 bits per heavy atom. The fourth-order valence-corrected chi connectivity index (χ4v) is 5.86. The Bertz CT molecular complexity index is 1150. The minimum atomic E-state index is -3.46. The van der Waals surface area contributed by atoms with Crippen LogP contribution in [0.25, 0.3) is 0 Å². The highest BCUT2D eigenvalue weighted by molar-refractivity contribution is 7.89. The van der Waals surface area contributed by atoms with Crippen molar-refractivity contribution in [3.63, 3.8) is 0 Å². The second-order valence-corrected chi connectivity index (χ2v) is 10.6. The van der Waals surface area contributed by atoms with Crippen LogP contribution in [0.5, 0.6) is 5.75 Å². The van der Waals surface area contributed by atoms with Gasteiger partial charge in [-0.1, -0.05) is 23.7 Å². The molecule has 8 nitrogen and oxygen atoms in total. The van der Waals surface area contributed by atoms with Gasteiger partial charge in [-0.2, -0.15) is 4.31 Å². The lowest BCUT2D eigenvalue weighted by Crippen LogP contribution is -2.32. The lowest BCUT2D eigenvalue weighted by atomic mass is 10.1. The van der Waals surface area contributed by atoms with Crippen molar-refractivity contribution in [3.8, 4) is 5.75 Å². The number of carbonyl (C=O) groups excluding carboxylic acids is 2. The van der Waals surface area contributed by atoms with Crippen LogP contribution in [0.1, 0.15) is 24.8 Å². The van der Waals surface area contributed by atoms with Crippen LogP contribution in [-0.2, 0) is 26.2 Å². The maximum atomic E-state index is 12.7. The fourth-order valence-electron chi connectivity index (χ4n) is 4.18. The first-order valence-electron chi connectivity index (χ1n) is 10.8. The van der Waals surface area contributed by atoms with Crippen LogP contribution in [-0.4, -0.2) is 51.3 Å². The van der Waals surface area contributed by atoms with Gasteiger partial charge in [0.2, 0.25) is 21.8 Å². The highest BCUT2D eigenvalue weighted by atomic mass is 35.5. The van der Waals surface area contributed by atoms with Crippen molar-refractivity contribution in [3.05, 3.63) is 53.1 Å². The molecule has 2 aromatic rings. The van der Waals surface area contributed by atoms with E-state index in [1.807, 2.05) is 0 Å². The molecule has 33 heavy (non-hydrogen) atoms. The highest BCUT2D eigenvalue weighted by Gasteiger charge is 2.36. The maximum absolute atomic E-state index is 12.7. The third kappa shape index (κ3) is 5.00. The quantitative estimate of drug-likeness (QED) is 0.642. The van der Waals surface area contributed by atoms with Gasteiger partial charge in [-0.05, 0) is 48.7 Å². The molecule has 2 amide bonds. The number of nitrogens with one attached hydrogen (secondary N) is 1. The molecule has 2 saturated heterocycles. The van der Waals surface area contributed by atoms with Gasteiger partial charge in [0.05, 0.1) is 23.6 Å². The summed E-state index contributed by atoms with van der Waals surface area (Å²) in [5.74, 6) is -0.401. The SMILES string of the molecule is COc1ccc(Cl)cc1N1CC(C(=O)NCc2ccc(S(=O)(=O)N3CCCC3)cc2)CC1=O.